The van der Waals surface area contributed by atoms with Crippen molar-refractivity contribution in [2.75, 3.05) is 23.8 Å². The van der Waals surface area contributed by atoms with Crippen LogP contribution in [-0.2, 0) is 14.4 Å². The number of nitrogens with one attached hydrogen (secondary N) is 3. The van der Waals surface area contributed by atoms with Crippen LogP contribution in [0.25, 0.3) is 0 Å². The van der Waals surface area contributed by atoms with Crippen molar-refractivity contribution in [1.29, 1.82) is 0 Å². The molecule has 180 valence electrons. The fourth-order valence-corrected chi connectivity index (χ4v) is 2.83. The number of amides is 3. The minimum absolute atomic E-state index is 0.212. The monoisotopic (exact) mass is 474 g/mol. The summed E-state index contributed by atoms with van der Waals surface area (Å²) in [5, 5.41) is 9.04. The van der Waals surface area contributed by atoms with Crippen molar-refractivity contribution in [3.8, 4) is 11.5 Å². The molecule has 3 N–H and O–H groups in total. The van der Waals surface area contributed by atoms with Gasteiger partial charge in [0.2, 0.25) is 0 Å². The van der Waals surface area contributed by atoms with Crippen molar-refractivity contribution in [3.05, 3.63) is 84.4 Å². The molecule has 0 saturated heterocycles. The Hall–Kier alpha value is -4.66. The lowest BCUT2D eigenvalue weighted by Crippen LogP contribution is -2.32. The van der Waals surface area contributed by atoms with E-state index in [1.807, 2.05) is 25.1 Å². The zero-order chi connectivity index (χ0) is 24.9. The van der Waals surface area contributed by atoms with Crippen LogP contribution < -0.4 is 25.5 Å². The number of hydrazone groups is 1. The van der Waals surface area contributed by atoms with Crippen molar-refractivity contribution in [3.63, 3.8) is 0 Å². The van der Waals surface area contributed by atoms with E-state index in [4.69, 9.17) is 9.47 Å². The van der Waals surface area contributed by atoms with Gasteiger partial charge in [-0.3, -0.25) is 14.4 Å². The van der Waals surface area contributed by atoms with Crippen molar-refractivity contribution in [2.45, 2.75) is 13.3 Å². The maximum Gasteiger partial charge on any atom is 0.329 e. The number of anilines is 2. The van der Waals surface area contributed by atoms with Crippen molar-refractivity contribution in [2.24, 2.45) is 5.10 Å². The third-order valence-electron chi connectivity index (χ3n) is 4.50. The molecule has 0 unspecified atom stereocenters. The van der Waals surface area contributed by atoms with Crippen LogP contribution in [0.15, 0.2) is 84.0 Å². The number of carbonyl (C=O) groups is 3. The van der Waals surface area contributed by atoms with Gasteiger partial charge in [0, 0.05) is 16.9 Å². The van der Waals surface area contributed by atoms with Crippen LogP contribution in [0.4, 0.5) is 11.4 Å². The second kappa shape index (κ2) is 13.1. The summed E-state index contributed by atoms with van der Waals surface area (Å²) in [7, 11) is 0. The van der Waals surface area contributed by atoms with E-state index in [1.54, 1.807) is 60.7 Å². The maximum absolute atomic E-state index is 12.1. The molecule has 35 heavy (non-hydrogen) atoms. The first-order chi connectivity index (χ1) is 17.0. The predicted molar refractivity (Wildman–Crippen MR) is 134 cm³/mol. The third-order valence-corrected chi connectivity index (χ3v) is 4.50. The summed E-state index contributed by atoms with van der Waals surface area (Å²) < 4.78 is 11.1. The van der Waals surface area contributed by atoms with Crippen LogP contribution in [0.5, 0.6) is 11.5 Å². The molecule has 0 aliphatic carbocycles. The molecule has 9 nitrogen and oxygen atoms in total. The Balaban J connectivity index is 1.49. The molecule has 0 aliphatic heterocycles. The molecule has 0 radical (unpaired) electrons. The number of nitrogens with zero attached hydrogens (tertiary/aromatic N) is 1. The molecular formula is C26H26N4O5. The maximum atomic E-state index is 12.1. The Morgan fingerprint density at radius 2 is 1.49 bits per heavy atom. The number of hydrogen-bond donors (Lipinski definition) is 3. The summed E-state index contributed by atoms with van der Waals surface area (Å²) in [5.74, 6) is -1.06. The highest BCUT2D eigenvalue weighted by atomic mass is 16.5. The Labute approximate surface area is 203 Å². The number of hydrogen-bond acceptors (Lipinski definition) is 6. The number of rotatable bonds is 10. The largest absolute Gasteiger partial charge is 0.494 e. The molecule has 3 aromatic carbocycles. The minimum Gasteiger partial charge on any atom is -0.494 e. The van der Waals surface area contributed by atoms with Crippen LogP contribution in [0.1, 0.15) is 18.9 Å². The highest BCUT2D eigenvalue weighted by Gasteiger charge is 2.13. The summed E-state index contributed by atoms with van der Waals surface area (Å²) in [5.41, 5.74) is 3.81. The first kappa shape index (κ1) is 25.0. The number of carbonyl (C=O) groups excluding carboxylic acids is 3. The zero-order valence-electron chi connectivity index (χ0n) is 19.2. The highest BCUT2D eigenvalue weighted by Crippen LogP contribution is 2.17. The Morgan fingerprint density at radius 3 is 2.23 bits per heavy atom. The standard InChI is InChI=1S/C26H26N4O5/c1-2-16-34-22-14-12-21(13-15-22)29-25(32)26(33)30-27-17-19-8-6-7-11-23(19)35-18-24(31)28-20-9-4-3-5-10-20/h3-15,17H,2,16,18H2,1H3,(H,28,31)(H,29,32)(H,30,33)/b27-17-. The van der Waals surface area contributed by atoms with Crippen LogP contribution in [-0.4, -0.2) is 37.1 Å². The highest BCUT2D eigenvalue weighted by molar-refractivity contribution is 6.39. The van der Waals surface area contributed by atoms with Gasteiger partial charge < -0.3 is 20.1 Å². The Kier molecular flexibility index (Phi) is 9.38. The summed E-state index contributed by atoms with van der Waals surface area (Å²) in [6.07, 6.45) is 2.22. The normalized spacial score (nSPS) is 10.4. The van der Waals surface area contributed by atoms with E-state index in [9.17, 15) is 14.4 Å². The number of para-hydroxylation sites is 2. The molecule has 0 aliphatic rings. The molecule has 0 fully saturated rings. The molecule has 0 spiro atoms. The predicted octanol–water partition coefficient (Wildman–Crippen LogP) is 3.58. The molecule has 0 aromatic heterocycles. The van der Waals surface area contributed by atoms with E-state index in [0.29, 0.717) is 35.0 Å². The van der Waals surface area contributed by atoms with E-state index in [1.165, 1.54) is 6.21 Å². The van der Waals surface area contributed by atoms with Crippen LogP contribution in [0, 0.1) is 0 Å². The van der Waals surface area contributed by atoms with Gasteiger partial charge in [0.25, 0.3) is 5.91 Å². The molecule has 3 rings (SSSR count). The molecular weight excluding hydrogens is 448 g/mol. The summed E-state index contributed by atoms with van der Waals surface area (Å²) >= 11 is 0. The Morgan fingerprint density at radius 1 is 0.800 bits per heavy atom. The van der Waals surface area contributed by atoms with Gasteiger partial charge in [-0.2, -0.15) is 5.10 Å². The molecule has 0 atom stereocenters. The fraction of sp³-hybridized carbons (Fsp3) is 0.154. The Bertz CT molecular complexity index is 1160. The van der Waals surface area contributed by atoms with E-state index in [2.05, 4.69) is 21.2 Å². The lowest BCUT2D eigenvalue weighted by atomic mass is 10.2. The summed E-state index contributed by atoms with van der Waals surface area (Å²) in [6.45, 7) is 2.39. The van der Waals surface area contributed by atoms with Gasteiger partial charge in [0.05, 0.1) is 12.8 Å². The second-order valence-electron chi connectivity index (χ2n) is 7.27. The van der Waals surface area contributed by atoms with Crippen LogP contribution >= 0.6 is 0 Å². The quantitative estimate of drug-likeness (QED) is 0.236. The van der Waals surface area contributed by atoms with Gasteiger partial charge >= 0.3 is 11.8 Å². The lowest BCUT2D eigenvalue weighted by Gasteiger charge is -2.09. The molecule has 0 heterocycles. The summed E-state index contributed by atoms with van der Waals surface area (Å²) in [4.78, 5) is 36.3. The first-order valence-electron chi connectivity index (χ1n) is 11.0. The van der Waals surface area contributed by atoms with Gasteiger partial charge in [-0.1, -0.05) is 37.3 Å². The van der Waals surface area contributed by atoms with Crippen molar-refractivity contribution < 1.29 is 23.9 Å². The molecule has 3 amide bonds. The summed E-state index contributed by atoms with van der Waals surface area (Å²) in [6, 6.07) is 22.6. The van der Waals surface area contributed by atoms with Gasteiger partial charge in [-0.15, -0.1) is 0 Å². The zero-order valence-corrected chi connectivity index (χ0v) is 19.2. The average Bonchev–Trinajstić information content (AvgIpc) is 2.88. The lowest BCUT2D eigenvalue weighted by molar-refractivity contribution is -0.136. The average molecular weight is 475 g/mol. The molecule has 9 heteroatoms. The number of benzene rings is 3. The van der Waals surface area contributed by atoms with Gasteiger partial charge in [-0.25, -0.2) is 5.43 Å². The molecule has 0 saturated carbocycles. The van der Waals surface area contributed by atoms with Crippen LogP contribution in [0.2, 0.25) is 0 Å². The fourth-order valence-electron chi connectivity index (χ4n) is 2.83. The topological polar surface area (TPSA) is 118 Å². The molecule has 0 bridgehead atoms. The van der Waals surface area contributed by atoms with Gasteiger partial charge in [-0.05, 0) is 55.0 Å². The SMILES string of the molecule is CCCOc1ccc(NC(=O)C(=O)N/N=C\c2ccccc2OCC(=O)Nc2ccccc2)cc1. The second-order valence-corrected chi connectivity index (χ2v) is 7.27. The van der Waals surface area contributed by atoms with Gasteiger partial charge in [0.15, 0.2) is 6.61 Å². The van der Waals surface area contributed by atoms with Crippen LogP contribution in [0.3, 0.4) is 0 Å². The van der Waals surface area contributed by atoms with Crippen molar-refractivity contribution >= 4 is 35.3 Å². The number of ether oxygens (including phenoxy) is 2. The van der Waals surface area contributed by atoms with E-state index in [0.717, 1.165) is 6.42 Å². The molecule has 3 aromatic rings. The van der Waals surface area contributed by atoms with E-state index >= 15 is 0 Å². The third kappa shape index (κ3) is 8.32. The van der Waals surface area contributed by atoms with E-state index < -0.39 is 11.8 Å². The first-order valence-corrected chi connectivity index (χ1v) is 11.0. The van der Waals surface area contributed by atoms with E-state index in [-0.39, 0.29) is 12.5 Å². The van der Waals surface area contributed by atoms with Crippen molar-refractivity contribution in [1.82, 2.24) is 5.43 Å². The smallest absolute Gasteiger partial charge is 0.329 e. The van der Waals surface area contributed by atoms with Gasteiger partial charge in [0.1, 0.15) is 11.5 Å². The minimum atomic E-state index is -0.937.